The number of hydrogen-bond donors (Lipinski definition) is 0. The number of carbonyl (C=O) groups excluding carboxylic acids is 1. The van der Waals surface area contributed by atoms with Crippen molar-refractivity contribution in [3.63, 3.8) is 0 Å². The molecule has 0 radical (unpaired) electrons. The number of nitrogens with zero attached hydrogens (tertiary/aromatic N) is 1. The van der Waals surface area contributed by atoms with E-state index in [2.05, 4.69) is 6.58 Å². The maximum atomic E-state index is 11.4. The van der Waals surface area contributed by atoms with E-state index in [0.717, 1.165) is 5.75 Å². The summed E-state index contributed by atoms with van der Waals surface area (Å²) in [6.45, 7) is 5.50. The van der Waals surface area contributed by atoms with Crippen LogP contribution in [0, 0.1) is 0 Å². The molecule has 1 aromatic rings. The molecule has 0 N–H and O–H groups in total. The lowest BCUT2D eigenvalue weighted by Gasteiger charge is -2.17. The van der Waals surface area contributed by atoms with Crippen molar-refractivity contribution in [3.8, 4) is 5.75 Å². The molecule has 0 aliphatic rings. The van der Waals surface area contributed by atoms with Gasteiger partial charge < -0.3 is 9.64 Å². The maximum absolute atomic E-state index is 11.4. The smallest absolute Gasteiger partial charge is 0.251 e. The Morgan fingerprint density at radius 3 is 2.53 bits per heavy atom. The van der Waals surface area contributed by atoms with Gasteiger partial charge in [-0.2, -0.15) is 0 Å². The van der Waals surface area contributed by atoms with Gasteiger partial charge >= 0.3 is 0 Å². The third-order valence-electron chi connectivity index (χ3n) is 1.88. The van der Waals surface area contributed by atoms with Crippen LogP contribution in [0.25, 0.3) is 0 Å². The monoisotopic (exact) mass is 205 g/mol. The summed E-state index contributed by atoms with van der Waals surface area (Å²) in [5.41, 5.74) is 0.508. The molecular weight excluding hydrogens is 190 g/mol. The lowest BCUT2D eigenvalue weighted by atomic mass is 10.3. The van der Waals surface area contributed by atoms with Gasteiger partial charge in [0.05, 0.1) is 0 Å². The lowest BCUT2D eigenvalue weighted by molar-refractivity contribution is -0.128. The second-order valence-electron chi connectivity index (χ2n) is 3.37. The van der Waals surface area contributed by atoms with Crippen molar-refractivity contribution in [2.45, 2.75) is 6.92 Å². The Morgan fingerprint density at radius 2 is 2.00 bits per heavy atom. The van der Waals surface area contributed by atoms with Crippen LogP contribution in [-0.4, -0.2) is 24.6 Å². The van der Waals surface area contributed by atoms with Crippen LogP contribution >= 0.6 is 0 Å². The lowest BCUT2D eigenvalue weighted by Crippen LogP contribution is -2.30. The van der Waals surface area contributed by atoms with Crippen LogP contribution in [0.3, 0.4) is 0 Å². The molecule has 15 heavy (non-hydrogen) atoms. The minimum Gasteiger partial charge on any atom is -0.473 e. The molecule has 0 atom stereocenters. The van der Waals surface area contributed by atoms with E-state index >= 15 is 0 Å². The number of benzene rings is 1. The molecule has 0 saturated carbocycles. The molecule has 3 nitrogen and oxygen atoms in total. The molecule has 80 valence electrons. The Balaban J connectivity index is 2.44. The number of likely N-dealkylation sites (N-methyl/N-ethyl adjacent to an activating group) is 1. The molecular formula is C12H15NO2. The van der Waals surface area contributed by atoms with E-state index in [-0.39, 0.29) is 12.6 Å². The molecule has 0 aliphatic heterocycles. The predicted octanol–water partition coefficient (Wildman–Crippen LogP) is 2.06. The fourth-order valence-corrected chi connectivity index (χ4v) is 1.07. The Bertz CT molecular complexity index is 346. The molecule has 0 spiro atoms. The Kier molecular flexibility index (Phi) is 3.92. The average molecular weight is 205 g/mol. The van der Waals surface area contributed by atoms with Crippen LogP contribution in [0.15, 0.2) is 42.5 Å². The van der Waals surface area contributed by atoms with Crippen molar-refractivity contribution >= 4 is 5.91 Å². The van der Waals surface area contributed by atoms with Crippen molar-refractivity contribution in [1.29, 1.82) is 0 Å². The zero-order chi connectivity index (χ0) is 11.3. The second kappa shape index (κ2) is 5.20. The van der Waals surface area contributed by atoms with E-state index in [1.807, 2.05) is 30.3 Å². The number of hydrogen-bond acceptors (Lipinski definition) is 2. The first-order chi connectivity index (χ1) is 7.11. The van der Waals surface area contributed by atoms with Crippen LogP contribution in [0.2, 0.25) is 0 Å². The third-order valence-corrected chi connectivity index (χ3v) is 1.88. The molecule has 0 aromatic heterocycles. The first kappa shape index (κ1) is 11.3. The Labute approximate surface area is 90.0 Å². The summed E-state index contributed by atoms with van der Waals surface area (Å²) in [5, 5.41) is 0. The highest BCUT2D eigenvalue weighted by atomic mass is 16.5. The van der Waals surface area contributed by atoms with E-state index in [1.54, 1.807) is 14.0 Å². The van der Waals surface area contributed by atoms with Gasteiger partial charge in [0.15, 0.2) is 6.73 Å². The van der Waals surface area contributed by atoms with Crippen LogP contribution in [0.4, 0.5) is 0 Å². The van der Waals surface area contributed by atoms with Gasteiger partial charge in [-0.15, -0.1) is 0 Å². The summed E-state index contributed by atoms with van der Waals surface area (Å²) in [5.74, 6) is 0.643. The summed E-state index contributed by atoms with van der Waals surface area (Å²) in [6, 6.07) is 9.37. The van der Waals surface area contributed by atoms with Crippen molar-refractivity contribution in [2.24, 2.45) is 0 Å². The van der Waals surface area contributed by atoms with Gasteiger partial charge in [-0.3, -0.25) is 4.79 Å². The highest BCUT2D eigenvalue weighted by Gasteiger charge is 2.08. The quantitative estimate of drug-likeness (QED) is 0.556. The molecule has 0 bridgehead atoms. The zero-order valence-electron chi connectivity index (χ0n) is 9.06. The largest absolute Gasteiger partial charge is 0.473 e. The van der Waals surface area contributed by atoms with Gasteiger partial charge in [0.2, 0.25) is 0 Å². The highest BCUT2D eigenvalue weighted by Crippen LogP contribution is 2.08. The minimum atomic E-state index is -0.106. The SMILES string of the molecule is C=C(C)C(=O)N(C)COc1ccccc1. The Morgan fingerprint density at radius 1 is 1.40 bits per heavy atom. The van der Waals surface area contributed by atoms with Crippen LogP contribution in [0.1, 0.15) is 6.92 Å². The van der Waals surface area contributed by atoms with Gasteiger partial charge in [0.1, 0.15) is 5.75 Å². The summed E-state index contributed by atoms with van der Waals surface area (Å²) < 4.78 is 5.40. The molecule has 3 heteroatoms. The fourth-order valence-electron chi connectivity index (χ4n) is 1.07. The number of ether oxygens (including phenoxy) is 1. The molecule has 1 rings (SSSR count). The highest BCUT2D eigenvalue weighted by molar-refractivity contribution is 5.91. The second-order valence-corrected chi connectivity index (χ2v) is 3.37. The number of para-hydroxylation sites is 1. The van der Waals surface area contributed by atoms with Crippen molar-refractivity contribution < 1.29 is 9.53 Å². The van der Waals surface area contributed by atoms with Crippen LogP contribution in [0.5, 0.6) is 5.75 Å². The molecule has 0 heterocycles. The summed E-state index contributed by atoms with van der Waals surface area (Å²) in [7, 11) is 1.68. The molecule has 1 amide bonds. The number of amides is 1. The normalized spacial score (nSPS) is 9.47. The first-order valence-electron chi connectivity index (χ1n) is 4.70. The van der Waals surface area contributed by atoms with Gasteiger partial charge in [-0.1, -0.05) is 24.8 Å². The van der Waals surface area contributed by atoms with Crippen LogP contribution in [-0.2, 0) is 4.79 Å². The van der Waals surface area contributed by atoms with E-state index in [1.165, 1.54) is 4.90 Å². The zero-order valence-corrected chi connectivity index (χ0v) is 9.06. The van der Waals surface area contributed by atoms with Gasteiger partial charge in [-0.05, 0) is 19.1 Å². The fraction of sp³-hybridized carbons (Fsp3) is 0.250. The predicted molar refractivity (Wildman–Crippen MR) is 59.5 cm³/mol. The molecule has 0 unspecified atom stereocenters. The Hall–Kier alpha value is -1.77. The van der Waals surface area contributed by atoms with Gasteiger partial charge in [-0.25, -0.2) is 0 Å². The van der Waals surface area contributed by atoms with Gasteiger partial charge in [0.25, 0.3) is 5.91 Å². The van der Waals surface area contributed by atoms with Crippen LogP contribution < -0.4 is 4.74 Å². The standard InChI is InChI=1S/C12H15NO2/c1-10(2)12(14)13(3)9-15-11-7-5-4-6-8-11/h4-8H,1,9H2,2-3H3. The van der Waals surface area contributed by atoms with Crippen molar-refractivity contribution in [2.75, 3.05) is 13.8 Å². The topological polar surface area (TPSA) is 29.5 Å². The number of rotatable bonds is 4. The van der Waals surface area contributed by atoms with Gasteiger partial charge in [0, 0.05) is 12.6 Å². The summed E-state index contributed by atoms with van der Waals surface area (Å²) in [4.78, 5) is 12.9. The van der Waals surface area contributed by atoms with E-state index in [0.29, 0.717) is 5.57 Å². The summed E-state index contributed by atoms with van der Waals surface area (Å²) in [6.07, 6.45) is 0. The molecule has 0 saturated heterocycles. The molecule has 0 fully saturated rings. The van der Waals surface area contributed by atoms with Crippen molar-refractivity contribution in [3.05, 3.63) is 42.5 Å². The molecule has 0 aliphatic carbocycles. The maximum Gasteiger partial charge on any atom is 0.251 e. The molecule has 1 aromatic carbocycles. The van der Waals surface area contributed by atoms with E-state index < -0.39 is 0 Å². The first-order valence-corrected chi connectivity index (χ1v) is 4.70. The van der Waals surface area contributed by atoms with E-state index in [4.69, 9.17) is 4.74 Å². The average Bonchev–Trinajstić information content (AvgIpc) is 2.26. The minimum absolute atomic E-state index is 0.106. The number of carbonyl (C=O) groups is 1. The van der Waals surface area contributed by atoms with Crippen molar-refractivity contribution in [1.82, 2.24) is 4.90 Å². The summed E-state index contributed by atoms with van der Waals surface area (Å²) >= 11 is 0. The van der Waals surface area contributed by atoms with E-state index in [9.17, 15) is 4.79 Å². The third kappa shape index (κ3) is 3.46.